The molecule has 0 amide bonds. The Bertz CT molecular complexity index is 204. The van der Waals surface area contributed by atoms with E-state index in [2.05, 4.69) is 49.1 Å². The number of hydrogen-bond donors (Lipinski definition) is 1. The van der Waals surface area contributed by atoms with E-state index < -0.39 is 0 Å². The zero-order chi connectivity index (χ0) is 16.5. The summed E-state index contributed by atoms with van der Waals surface area (Å²) >= 11 is 6.84. The molecule has 0 rings (SSSR count). The van der Waals surface area contributed by atoms with Gasteiger partial charge < -0.3 is 0 Å². The number of halogens is 1. The molecule has 0 saturated carbocycles. The minimum Gasteiger partial charge on any atom is -0.179 e. The smallest absolute Gasteiger partial charge is 0.000473 e. The van der Waals surface area contributed by atoms with Crippen LogP contribution in [-0.2, 0) is 0 Å². The van der Waals surface area contributed by atoms with Crippen molar-refractivity contribution in [1.29, 1.82) is 0 Å². The van der Waals surface area contributed by atoms with E-state index in [1.807, 2.05) is 0 Å². The second-order valence-corrected chi connectivity index (χ2v) is 8.62. The Labute approximate surface area is 160 Å². The Balaban J connectivity index is 4.28. The van der Waals surface area contributed by atoms with Crippen LogP contribution in [0.25, 0.3) is 0 Å². The normalized spacial score (nSPS) is 14.2. The molecule has 0 aromatic heterocycles. The predicted octanol–water partition coefficient (Wildman–Crippen LogP) is 8.23. The summed E-state index contributed by atoms with van der Waals surface area (Å²) in [6.07, 6.45) is 21.4. The Morgan fingerprint density at radius 3 is 1.68 bits per heavy atom. The molecule has 134 valence electrons. The molecule has 0 aliphatic heterocycles. The van der Waals surface area contributed by atoms with Crippen LogP contribution in [0.4, 0.5) is 0 Å². The van der Waals surface area contributed by atoms with Gasteiger partial charge in [-0.05, 0) is 54.1 Å². The van der Waals surface area contributed by atoms with E-state index in [0.29, 0.717) is 5.41 Å². The van der Waals surface area contributed by atoms with Crippen molar-refractivity contribution in [2.24, 2.45) is 5.41 Å². The molecule has 0 aromatic carbocycles. The molecule has 1 unspecified atom stereocenters. The van der Waals surface area contributed by atoms with E-state index in [1.165, 1.54) is 101 Å². The van der Waals surface area contributed by atoms with Crippen LogP contribution >= 0.6 is 35.2 Å². The molecule has 0 saturated heterocycles. The molecule has 0 fully saturated rings. The lowest BCUT2D eigenvalue weighted by Gasteiger charge is -2.34. The first kappa shape index (κ1) is 23.1. The second-order valence-electron chi connectivity index (χ2n) is 7.09. The van der Waals surface area contributed by atoms with Crippen LogP contribution in [0.3, 0.4) is 0 Å². The van der Waals surface area contributed by atoms with Gasteiger partial charge in [-0.1, -0.05) is 94.2 Å². The van der Waals surface area contributed by atoms with E-state index in [1.54, 1.807) is 0 Å². The van der Waals surface area contributed by atoms with Crippen molar-refractivity contribution in [3.63, 3.8) is 0 Å². The Hall–Kier alpha value is 1.08. The maximum absolute atomic E-state index is 4.33. The summed E-state index contributed by atoms with van der Waals surface area (Å²) in [5.74, 6) is 1.06. The molecule has 0 aliphatic rings. The fourth-order valence-corrected chi connectivity index (χ4v) is 4.51. The van der Waals surface area contributed by atoms with Crippen molar-refractivity contribution >= 4 is 35.2 Å². The summed E-state index contributed by atoms with van der Waals surface area (Å²) < 4.78 is 1.33. The third-order valence-electron chi connectivity index (χ3n) is 5.05. The fraction of sp³-hybridized carbons (Fsp3) is 1.00. The van der Waals surface area contributed by atoms with E-state index in [9.17, 15) is 0 Å². The summed E-state index contributed by atoms with van der Waals surface area (Å²) in [7, 11) is 0. The molecule has 1 atom stereocenters. The number of unbranched alkanes of at least 4 members (excludes halogenated alkanes) is 7. The van der Waals surface area contributed by atoms with Crippen molar-refractivity contribution in [2.45, 2.75) is 110 Å². The van der Waals surface area contributed by atoms with Crippen LogP contribution in [0.2, 0.25) is 0 Å². The number of rotatable bonds is 17. The summed E-state index contributed by atoms with van der Waals surface area (Å²) in [5.41, 5.74) is 0.677. The van der Waals surface area contributed by atoms with Crippen LogP contribution in [0.5, 0.6) is 0 Å². The monoisotopic (exact) mass is 440 g/mol. The van der Waals surface area contributed by atoms with Crippen LogP contribution in [-0.4, -0.2) is 10.2 Å². The average molecular weight is 441 g/mol. The highest BCUT2D eigenvalue weighted by molar-refractivity contribution is 14.1. The van der Waals surface area contributed by atoms with Gasteiger partial charge in [0, 0.05) is 0 Å². The highest BCUT2D eigenvalue weighted by Crippen LogP contribution is 2.41. The summed E-state index contributed by atoms with van der Waals surface area (Å²) in [4.78, 5) is 0. The van der Waals surface area contributed by atoms with Gasteiger partial charge in [0.05, 0.1) is 0 Å². The first-order valence-electron chi connectivity index (χ1n) is 9.91. The number of thiol groups is 1. The van der Waals surface area contributed by atoms with Crippen molar-refractivity contribution in [2.75, 3.05) is 10.2 Å². The van der Waals surface area contributed by atoms with E-state index in [0.717, 1.165) is 5.75 Å². The molecule has 0 aromatic rings. The minimum absolute atomic E-state index is 0.677. The Kier molecular flexibility index (Phi) is 17.8. The maximum atomic E-state index is 4.33. The molecular formula is C20H41IS. The third-order valence-corrected chi connectivity index (χ3v) is 6.13. The van der Waals surface area contributed by atoms with Crippen LogP contribution in [0.1, 0.15) is 110 Å². The lowest BCUT2D eigenvalue weighted by molar-refractivity contribution is 0.178. The first-order chi connectivity index (χ1) is 10.7. The highest BCUT2D eigenvalue weighted by Gasteiger charge is 2.27. The van der Waals surface area contributed by atoms with E-state index >= 15 is 0 Å². The van der Waals surface area contributed by atoms with Gasteiger partial charge in [-0.2, -0.15) is 12.6 Å². The molecule has 0 N–H and O–H groups in total. The largest absolute Gasteiger partial charge is 0.179 e. The Morgan fingerprint density at radius 2 is 1.18 bits per heavy atom. The summed E-state index contributed by atoms with van der Waals surface area (Å²) in [5, 5.41) is 0. The van der Waals surface area contributed by atoms with Gasteiger partial charge in [0.25, 0.3) is 0 Å². The van der Waals surface area contributed by atoms with Crippen molar-refractivity contribution in [3.8, 4) is 0 Å². The Morgan fingerprint density at radius 1 is 0.636 bits per heavy atom. The standard InChI is InChI=1S/C20H41IS/c1-3-5-15-20(14-4-2,16-10-6-8-12-18-21)17-11-7-9-13-19-22/h22H,3-19H2,1-2H3. The summed E-state index contributed by atoms with van der Waals surface area (Å²) in [6, 6.07) is 0. The van der Waals surface area contributed by atoms with Crippen molar-refractivity contribution < 1.29 is 0 Å². The quantitative estimate of drug-likeness (QED) is 0.100. The first-order valence-corrected chi connectivity index (χ1v) is 12.1. The SMILES string of the molecule is CCCCC(CCC)(CCCCCCS)CCCCCCI. The number of hydrogen-bond acceptors (Lipinski definition) is 1. The second kappa shape index (κ2) is 16.9. The van der Waals surface area contributed by atoms with E-state index in [-0.39, 0.29) is 0 Å². The van der Waals surface area contributed by atoms with Crippen LogP contribution < -0.4 is 0 Å². The van der Waals surface area contributed by atoms with Crippen molar-refractivity contribution in [3.05, 3.63) is 0 Å². The molecule has 0 aliphatic carbocycles. The van der Waals surface area contributed by atoms with Crippen LogP contribution in [0.15, 0.2) is 0 Å². The topological polar surface area (TPSA) is 0 Å². The van der Waals surface area contributed by atoms with Gasteiger partial charge >= 0.3 is 0 Å². The summed E-state index contributed by atoms with van der Waals surface area (Å²) in [6.45, 7) is 4.74. The fourth-order valence-electron chi connectivity index (χ4n) is 3.75. The predicted molar refractivity (Wildman–Crippen MR) is 116 cm³/mol. The molecule has 0 bridgehead atoms. The molecule has 0 spiro atoms. The minimum atomic E-state index is 0.677. The average Bonchev–Trinajstić information content (AvgIpc) is 2.52. The molecule has 2 heteroatoms. The van der Waals surface area contributed by atoms with Gasteiger partial charge in [0.1, 0.15) is 0 Å². The number of alkyl halides is 1. The zero-order valence-electron chi connectivity index (χ0n) is 15.3. The van der Waals surface area contributed by atoms with Gasteiger partial charge in [0.2, 0.25) is 0 Å². The lowest BCUT2D eigenvalue weighted by Crippen LogP contribution is -2.21. The van der Waals surface area contributed by atoms with E-state index in [4.69, 9.17) is 0 Å². The molecular weight excluding hydrogens is 399 g/mol. The van der Waals surface area contributed by atoms with Gasteiger partial charge in [-0.15, -0.1) is 0 Å². The van der Waals surface area contributed by atoms with Gasteiger partial charge in [-0.25, -0.2) is 0 Å². The molecule has 0 radical (unpaired) electrons. The maximum Gasteiger partial charge on any atom is -0.000473 e. The third kappa shape index (κ3) is 12.5. The van der Waals surface area contributed by atoms with Crippen LogP contribution in [0, 0.1) is 5.41 Å². The van der Waals surface area contributed by atoms with Gasteiger partial charge in [-0.3, -0.25) is 0 Å². The van der Waals surface area contributed by atoms with Gasteiger partial charge in [0.15, 0.2) is 0 Å². The highest BCUT2D eigenvalue weighted by atomic mass is 127. The molecule has 0 nitrogen and oxygen atoms in total. The molecule has 0 heterocycles. The van der Waals surface area contributed by atoms with Crippen molar-refractivity contribution in [1.82, 2.24) is 0 Å². The lowest BCUT2D eigenvalue weighted by atomic mass is 9.71. The molecule has 22 heavy (non-hydrogen) atoms. The zero-order valence-corrected chi connectivity index (χ0v) is 18.4.